The van der Waals surface area contributed by atoms with Crippen molar-refractivity contribution in [3.05, 3.63) is 52.2 Å². The smallest absolute Gasteiger partial charge is 0.264 e. The number of carbonyl (C=O) groups is 4. The van der Waals surface area contributed by atoms with E-state index in [2.05, 4.69) is 10.6 Å². The molecule has 1 aromatic carbocycles. The minimum atomic E-state index is -0.898. The van der Waals surface area contributed by atoms with Crippen LogP contribution in [-0.2, 0) is 9.59 Å². The number of piperidine rings is 1. The molecule has 9 nitrogen and oxygen atoms in total. The minimum Gasteiger partial charge on any atom is -0.497 e. The number of hydrogen-bond donors (Lipinski definition) is 2. The van der Waals surface area contributed by atoms with Crippen molar-refractivity contribution in [2.45, 2.75) is 24.9 Å². The van der Waals surface area contributed by atoms with Crippen LogP contribution in [0.4, 0.5) is 0 Å². The van der Waals surface area contributed by atoms with E-state index in [0.717, 1.165) is 6.42 Å². The van der Waals surface area contributed by atoms with Gasteiger partial charge < -0.3 is 25.2 Å². The van der Waals surface area contributed by atoms with Crippen molar-refractivity contribution >= 4 is 35.0 Å². The first-order chi connectivity index (χ1) is 16.0. The zero-order valence-electron chi connectivity index (χ0n) is 18.3. The van der Waals surface area contributed by atoms with Gasteiger partial charge in [-0.3, -0.25) is 19.2 Å². The highest BCUT2D eigenvalue weighted by atomic mass is 32.1. The number of carbonyl (C=O) groups excluding carboxylic acids is 4. The normalized spacial score (nSPS) is 20.7. The summed E-state index contributed by atoms with van der Waals surface area (Å²) in [7, 11) is 1.55. The van der Waals surface area contributed by atoms with Crippen LogP contribution in [0.5, 0.6) is 5.75 Å². The fourth-order valence-corrected chi connectivity index (χ4v) is 4.75. The van der Waals surface area contributed by atoms with Crippen molar-refractivity contribution in [3.63, 3.8) is 0 Å². The molecule has 4 rings (SSSR count). The van der Waals surface area contributed by atoms with Crippen LogP contribution in [-0.4, -0.2) is 78.8 Å². The Balaban J connectivity index is 1.53. The largest absolute Gasteiger partial charge is 0.497 e. The van der Waals surface area contributed by atoms with Crippen molar-refractivity contribution in [2.24, 2.45) is 0 Å². The molecule has 2 aromatic rings. The molecule has 0 unspecified atom stereocenters. The molecular weight excluding hydrogens is 444 g/mol. The Labute approximate surface area is 195 Å². The molecule has 0 bridgehead atoms. The fraction of sp³-hybridized carbons (Fsp3) is 0.391. The van der Waals surface area contributed by atoms with Crippen LogP contribution in [0.15, 0.2) is 41.8 Å². The van der Waals surface area contributed by atoms with Crippen LogP contribution in [0.25, 0.3) is 0 Å². The van der Waals surface area contributed by atoms with Crippen LogP contribution >= 0.6 is 11.3 Å². The number of nitrogens with one attached hydrogen (secondary N) is 2. The van der Waals surface area contributed by atoms with E-state index in [0.29, 0.717) is 35.7 Å². The Hall–Kier alpha value is -3.40. The predicted molar refractivity (Wildman–Crippen MR) is 122 cm³/mol. The number of ether oxygens (including phenoxy) is 1. The maximum absolute atomic E-state index is 13.2. The summed E-state index contributed by atoms with van der Waals surface area (Å²) in [5.41, 5.74) is 0.472. The summed E-state index contributed by atoms with van der Waals surface area (Å²) in [6.07, 6.45) is 1.30. The van der Waals surface area contributed by atoms with Gasteiger partial charge in [-0.2, -0.15) is 0 Å². The van der Waals surface area contributed by atoms with Gasteiger partial charge in [0.2, 0.25) is 11.8 Å². The lowest BCUT2D eigenvalue weighted by Gasteiger charge is -2.41. The van der Waals surface area contributed by atoms with Crippen molar-refractivity contribution in [2.75, 3.05) is 33.3 Å². The summed E-state index contributed by atoms with van der Waals surface area (Å²) in [4.78, 5) is 55.2. The molecule has 4 amide bonds. The average molecular weight is 471 g/mol. The fourth-order valence-electron chi connectivity index (χ4n) is 4.07. The molecule has 0 spiro atoms. The van der Waals surface area contributed by atoms with E-state index in [-0.39, 0.29) is 30.8 Å². The van der Waals surface area contributed by atoms with Crippen molar-refractivity contribution < 1.29 is 23.9 Å². The molecule has 0 saturated carbocycles. The van der Waals surface area contributed by atoms with E-state index in [9.17, 15) is 19.2 Å². The molecule has 2 atom stereocenters. The summed E-state index contributed by atoms with van der Waals surface area (Å²) >= 11 is 1.30. The average Bonchev–Trinajstić information content (AvgIpc) is 3.39. The number of piperazine rings is 1. The molecule has 0 aliphatic carbocycles. The zero-order chi connectivity index (χ0) is 23.4. The van der Waals surface area contributed by atoms with E-state index in [4.69, 9.17) is 4.74 Å². The maximum Gasteiger partial charge on any atom is 0.264 e. The lowest BCUT2D eigenvalue weighted by atomic mass is 10.0. The van der Waals surface area contributed by atoms with Gasteiger partial charge in [0.25, 0.3) is 11.8 Å². The van der Waals surface area contributed by atoms with Gasteiger partial charge in [0.1, 0.15) is 17.8 Å². The van der Waals surface area contributed by atoms with E-state index in [1.807, 2.05) is 0 Å². The van der Waals surface area contributed by atoms with Crippen molar-refractivity contribution in [1.29, 1.82) is 0 Å². The van der Waals surface area contributed by atoms with E-state index in [1.165, 1.54) is 16.2 Å². The third-order valence-corrected chi connectivity index (χ3v) is 6.76. The van der Waals surface area contributed by atoms with Gasteiger partial charge in [-0.15, -0.1) is 11.3 Å². The van der Waals surface area contributed by atoms with Crippen molar-refractivity contribution in [1.82, 2.24) is 20.4 Å². The number of methoxy groups -OCH3 is 1. The van der Waals surface area contributed by atoms with Gasteiger partial charge >= 0.3 is 0 Å². The van der Waals surface area contributed by atoms with E-state index >= 15 is 0 Å². The molecule has 3 heterocycles. The Kier molecular flexibility index (Phi) is 6.93. The Morgan fingerprint density at radius 2 is 1.91 bits per heavy atom. The zero-order valence-corrected chi connectivity index (χ0v) is 19.1. The van der Waals surface area contributed by atoms with Crippen LogP contribution in [0, 0.1) is 0 Å². The highest BCUT2D eigenvalue weighted by molar-refractivity contribution is 7.12. The number of benzene rings is 1. The van der Waals surface area contributed by atoms with Crippen LogP contribution in [0.2, 0.25) is 0 Å². The third-order valence-electron chi connectivity index (χ3n) is 5.90. The van der Waals surface area contributed by atoms with Crippen LogP contribution in [0.1, 0.15) is 32.9 Å². The standard InChI is InChI=1S/C23H26N4O5S/c1-32-16-8-6-15(7-9-16)22(30)26-11-12-27(23(31)19-5-3-13-33-19)18(14-26)21(29)25-17-4-2-10-24-20(17)28/h3,5-9,13,17-18H,2,4,10-12,14H2,1H3,(H,24,28)(H,25,29)/t17-,18-/m1/s1. The third kappa shape index (κ3) is 5.00. The summed E-state index contributed by atoms with van der Waals surface area (Å²) in [6.45, 7) is 1.15. The molecular formula is C23H26N4O5S. The lowest BCUT2D eigenvalue weighted by Crippen LogP contribution is -2.63. The molecule has 2 aliphatic heterocycles. The SMILES string of the molecule is COc1ccc(C(=O)N2CCN(C(=O)c3cccs3)[C@@H](C(=O)N[C@@H]3CCCNC3=O)C2)cc1. The molecule has 0 radical (unpaired) electrons. The first kappa shape index (κ1) is 22.8. The van der Waals surface area contributed by atoms with Crippen LogP contribution < -0.4 is 15.4 Å². The Morgan fingerprint density at radius 3 is 2.58 bits per heavy atom. The minimum absolute atomic E-state index is 0.0438. The Bertz CT molecular complexity index is 1020. The van der Waals surface area contributed by atoms with Crippen molar-refractivity contribution in [3.8, 4) is 5.75 Å². The van der Waals surface area contributed by atoms with Gasteiger partial charge in [0, 0.05) is 25.2 Å². The first-order valence-corrected chi connectivity index (χ1v) is 11.7. The lowest BCUT2D eigenvalue weighted by molar-refractivity contribution is -0.133. The topological polar surface area (TPSA) is 108 Å². The van der Waals surface area contributed by atoms with Gasteiger partial charge in [-0.1, -0.05) is 6.07 Å². The second-order valence-electron chi connectivity index (χ2n) is 7.97. The molecule has 2 N–H and O–H groups in total. The predicted octanol–water partition coefficient (Wildman–Crippen LogP) is 1.12. The highest BCUT2D eigenvalue weighted by Gasteiger charge is 2.39. The maximum atomic E-state index is 13.2. The number of amides is 4. The van der Waals surface area contributed by atoms with Crippen LogP contribution in [0.3, 0.4) is 0 Å². The summed E-state index contributed by atoms with van der Waals surface area (Å²) < 4.78 is 5.15. The van der Waals surface area contributed by atoms with E-state index in [1.54, 1.807) is 53.8 Å². The summed E-state index contributed by atoms with van der Waals surface area (Å²) in [5, 5.41) is 7.34. The number of thiophene rings is 1. The van der Waals surface area contributed by atoms with Gasteiger partial charge in [-0.05, 0) is 48.6 Å². The molecule has 2 saturated heterocycles. The molecule has 2 fully saturated rings. The summed E-state index contributed by atoms with van der Waals surface area (Å²) in [6, 6.07) is 8.71. The molecule has 33 heavy (non-hydrogen) atoms. The summed E-state index contributed by atoms with van der Waals surface area (Å²) in [5.74, 6) is -0.508. The Morgan fingerprint density at radius 1 is 1.12 bits per heavy atom. The van der Waals surface area contributed by atoms with Gasteiger partial charge in [0.15, 0.2) is 0 Å². The number of rotatable bonds is 5. The van der Waals surface area contributed by atoms with Gasteiger partial charge in [0.05, 0.1) is 18.5 Å². The quantitative estimate of drug-likeness (QED) is 0.681. The second kappa shape index (κ2) is 10.0. The molecule has 174 valence electrons. The monoisotopic (exact) mass is 470 g/mol. The number of nitrogens with zero attached hydrogens (tertiary/aromatic N) is 2. The van der Waals surface area contributed by atoms with Gasteiger partial charge in [-0.25, -0.2) is 0 Å². The van der Waals surface area contributed by atoms with E-state index < -0.39 is 18.0 Å². The molecule has 1 aromatic heterocycles. The molecule has 10 heteroatoms. The second-order valence-corrected chi connectivity index (χ2v) is 8.91. The first-order valence-electron chi connectivity index (χ1n) is 10.8. The molecule has 2 aliphatic rings. The number of hydrogen-bond acceptors (Lipinski definition) is 6. The highest BCUT2D eigenvalue weighted by Crippen LogP contribution is 2.21.